The average Bonchev–Trinajstić information content (AvgIpc) is 3.58. The maximum absolute atomic E-state index is 14.4. The van der Waals surface area contributed by atoms with Crippen molar-refractivity contribution in [2.45, 2.75) is 90.9 Å². The Balaban J connectivity index is 1.48. The number of hydrogen-bond acceptors (Lipinski definition) is 7. The van der Waals surface area contributed by atoms with Gasteiger partial charge in [-0.1, -0.05) is 69.0 Å². The number of carbonyl (C=O) groups excluding carboxylic acids is 2. The molecule has 0 saturated heterocycles. The summed E-state index contributed by atoms with van der Waals surface area (Å²) < 4.78 is 0. The second kappa shape index (κ2) is 12.7. The zero-order chi connectivity index (χ0) is 30.8. The number of aromatic amines is 1. The number of unbranched alkanes of at least 4 members (excludes halogenated alkanes) is 1. The number of carbonyl (C=O) groups is 2. The molecule has 3 aromatic rings. The predicted octanol–water partition coefficient (Wildman–Crippen LogP) is 6.33. The highest BCUT2D eigenvalue weighted by molar-refractivity contribution is 6.47. The lowest BCUT2D eigenvalue weighted by atomic mass is 9.69. The first kappa shape index (κ1) is 31.1. The summed E-state index contributed by atoms with van der Waals surface area (Å²) >= 11 is 12.7. The van der Waals surface area contributed by atoms with Crippen molar-refractivity contribution in [3.05, 3.63) is 69.2 Å². The number of H-pyrrole nitrogens is 1. The van der Waals surface area contributed by atoms with E-state index in [1.807, 2.05) is 11.0 Å². The summed E-state index contributed by atoms with van der Waals surface area (Å²) in [5.74, 6) is 0.477. The van der Waals surface area contributed by atoms with Crippen LogP contribution in [0.5, 0.6) is 0 Å². The fourth-order valence-corrected chi connectivity index (χ4v) is 6.81. The summed E-state index contributed by atoms with van der Waals surface area (Å²) in [5, 5.41) is 17.3. The Labute approximate surface area is 262 Å². The minimum Gasteiger partial charge on any atom is -0.345 e. The molecular formula is C31H38Cl2N8O2. The van der Waals surface area contributed by atoms with Gasteiger partial charge in [0.2, 0.25) is 0 Å². The van der Waals surface area contributed by atoms with Gasteiger partial charge in [-0.05, 0) is 73.8 Å². The van der Waals surface area contributed by atoms with Crippen LogP contribution < -0.4 is 5.32 Å². The SMILES string of the molecule is CCCCC(c1ccc(C(=O)NCc2nn[nH]n2)cn1)N1C(=O)C(c2cc(Cl)cc(Cl)c2)=NC12CCC(C(C)(C)C)CC2. The van der Waals surface area contributed by atoms with E-state index in [0.29, 0.717) is 38.6 Å². The number of benzene rings is 1. The molecular weight excluding hydrogens is 587 g/mol. The van der Waals surface area contributed by atoms with Crippen LogP contribution in [0.25, 0.3) is 0 Å². The topological polar surface area (TPSA) is 129 Å². The van der Waals surface area contributed by atoms with Crippen molar-refractivity contribution in [1.29, 1.82) is 0 Å². The summed E-state index contributed by atoms with van der Waals surface area (Å²) in [5.41, 5.74) is 1.62. The zero-order valence-electron chi connectivity index (χ0n) is 25.0. The number of halogens is 2. The molecule has 3 heterocycles. The average molecular weight is 626 g/mol. The largest absolute Gasteiger partial charge is 0.345 e. The van der Waals surface area contributed by atoms with Gasteiger partial charge in [0.1, 0.15) is 11.4 Å². The van der Waals surface area contributed by atoms with E-state index in [9.17, 15) is 9.59 Å². The van der Waals surface area contributed by atoms with Gasteiger partial charge >= 0.3 is 0 Å². The number of hydrogen-bond donors (Lipinski definition) is 2. The highest BCUT2D eigenvalue weighted by Crippen LogP contribution is 2.49. The number of pyridine rings is 1. The second-order valence-corrected chi connectivity index (χ2v) is 13.4. The van der Waals surface area contributed by atoms with Crippen LogP contribution in [-0.4, -0.2) is 53.7 Å². The predicted molar refractivity (Wildman–Crippen MR) is 166 cm³/mol. The van der Waals surface area contributed by atoms with Crippen LogP contribution in [0.2, 0.25) is 10.0 Å². The summed E-state index contributed by atoms with van der Waals surface area (Å²) in [6, 6.07) is 8.44. The van der Waals surface area contributed by atoms with Gasteiger partial charge in [-0.3, -0.25) is 19.6 Å². The van der Waals surface area contributed by atoms with E-state index in [1.165, 1.54) is 0 Å². The maximum atomic E-state index is 14.4. The van der Waals surface area contributed by atoms with Crippen molar-refractivity contribution in [1.82, 2.24) is 35.8 Å². The zero-order valence-corrected chi connectivity index (χ0v) is 26.5. The van der Waals surface area contributed by atoms with E-state index in [-0.39, 0.29) is 29.8 Å². The van der Waals surface area contributed by atoms with Gasteiger partial charge in [-0.15, -0.1) is 10.2 Å². The molecule has 0 radical (unpaired) electrons. The van der Waals surface area contributed by atoms with Gasteiger partial charge in [-0.25, -0.2) is 0 Å². The van der Waals surface area contributed by atoms with Gasteiger partial charge in [0.15, 0.2) is 5.82 Å². The van der Waals surface area contributed by atoms with Gasteiger partial charge in [0, 0.05) is 21.8 Å². The summed E-state index contributed by atoms with van der Waals surface area (Å²) in [6.45, 7) is 9.12. The van der Waals surface area contributed by atoms with Crippen LogP contribution in [-0.2, 0) is 11.3 Å². The van der Waals surface area contributed by atoms with E-state index < -0.39 is 5.66 Å². The van der Waals surface area contributed by atoms with Crippen LogP contribution in [0.15, 0.2) is 41.5 Å². The van der Waals surface area contributed by atoms with Crippen LogP contribution in [0, 0.1) is 11.3 Å². The van der Waals surface area contributed by atoms with Gasteiger partial charge in [0.25, 0.3) is 11.8 Å². The monoisotopic (exact) mass is 624 g/mol. The number of aliphatic imine (C=N–C) groups is 1. The molecule has 1 atom stereocenters. The van der Waals surface area contributed by atoms with Crippen molar-refractivity contribution < 1.29 is 9.59 Å². The molecule has 1 aromatic carbocycles. The van der Waals surface area contributed by atoms with Crippen molar-refractivity contribution in [3.8, 4) is 0 Å². The molecule has 10 nitrogen and oxygen atoms in total. The van der Waals surface area contributed by atoms with E-state index in [2.05, 4.69) is 53.6 Å². The summed E-state index contributed by atoms with van der Waals surface area (Å²) in [4.78, 5) is 39.1. The molecule has 12 heteroatoms. The third-order valence-electron chi connectivity index (χ3n) is 8.67. The van der Waals surface area contributed by atoms with E-state index in [1.54, 1.807) is 30.5 Å². The first-order valence-electron chi connectivity index (χ1n) is 14.9. The fraction of sp³-hybridized carbons (Fsp3) is 0.516. The Morgan fingerprint density at radius 1 is 1.16 bits per heavy atom. The van der Waals surface area contributed by atoms with E-state index >= 15 is 0 Å². The first-order chi connectivity index (χ1) is 20.5. The Hall–Kier alpha value is -3.37. The van der Waals surface area contributed by atoms with Gasteiger partial charge < -0.3 is 10.2 Å². The summed E-state index contributed by atoms with van der Waals surface area (Å²) in [7, 11) is 0. The maximum Gasteiger partial charge on any atom is 0.275 e. The molecule has 0 bridgehead atoms. The quantitative estimate of drug-likeness (QED) is 0.286. The number of tetrazole rings is 1. The lowest BCUT2D eigenvalue weighted by molar-refractivity contribution is -0.134. The molecule has 1 spiro atoms. The summed E-state index contributed by atoms with van der Waals surface area (Å²) in [6.07, 6.45) is 7.61. The Morgan fingerprint density at radius 2 is 1.88 bits per heavy atom. The Kier molecular flexibility index (Phi) is 9.18. The van der Waals surface area contributed by atoms with Crippen LogP contribution in [0.1, 0.15) is 106 Å². The minimum atomic E-state index is -0.691. The highest BCUT2D eigenvalue weighted by atomic mass is 35.5. The molecule has 1 aliphatic carbocycles. The highest BCUT2D eigenvalue weighted by Gasteiger charge is 2.53. The molecule has 1 unspecified atom stereocenters. The van der Waals surface area contributed by atoms with Crippen molar-refractivity contribution >= 4 is 40.7 Å². The Morgan fingerprint density at radius 3 is 2.47 bits per heavy atom. The first-order valence-corrected chi connectivity index (χ1v) is 15.6. The third-order valence-corrected chi connectivity index (χ3v) is 9.10. The standard InChI is InChI=1S/C31H38Cl2N8O2/c1-5-6-7-25(24-9-8-19(17-34-24)28(42)35-18-26-37-39-40-38-26)41-29(43)27(20-14-22(32)16-23(33)15-20)36-31(41)12-10-21(11-13-31)30(2,3)4/h8-9,14-17,21,25H,5-7,10-13,18H2,1-4H3,(H,35,42)(H,37,38,39,40). The normalized spacial score (nSPS) is 21.3. The third kappa shape index (κ3) is 6.75. The van der Waals surface area contributed by atoms with Crippen molar-refractivity contribution in [2.24, 2.45) is 16.3 Å². The van der Waals surface area contributed by atoms with Gasteiger partial charge in [-0.2, -0.15) is 5.21 Å². The van der Waals surface area contributed by atoms with Crippen molar-refractivity contribution in [3.63, 3.8) is 0 Å². The van der Waals surface area contributed by atoms with E-state index in [4.69, 9.17) is 33.2 Å². The molecule has 1 fully saturated rings. The molecule has 1 saturated carbocycles. The number of rotatable bonds is 9. The van der Waals surface area contributed by atoms with Gasteiger partial charge in [0.05, 0.1) is 23.8 Å². The van der Waals surface area contributed by atoms with Crippen LogP contribution >= 0.6 is 23.2 Å². The smallest absolute Gasteiger partial charge is 0.275 e. The Bertz CT molecular complexity index is 1460. The molecule has 5 rings (SSSR count). The number of nitrogens with zero attached hydrogens (tertiary/aromatic N) is 6. The molecule has 2 aromatic heterocycles. The number of amides is 2. The number of aromatic nitrogens is 5. The van der Waals surface area contributed by atoms with Crippen molar-refractivity contribution in [2.75, 3.05) is 0 Å². The lowest BCUT2D eigenvalue weighted by Gasteiger charge is -2.47. The van der Waals surface area contributed by atoms with E-state index in [0.717, 1.165) is 50.6 Å². The minimum absolute atomic E-state index is 0.141. The second-order valence-electron chi connectivity index (χ2n) is 12.6. The molecule has 228 valence electrons. The molecule has 2 aliphatic rings. The van der Waals surface area contributed by atoms with Crippen LogP contribution in [0.4, 0.5) is 0 Å². The molecule has 43 heavy (non-hydrogen) atoms. The van der Waals surface area contributed by atoms with Crippen LogP contribution in [0.3, 0.4) is 0 Å². The number of nitrogens with one attached hydrogen (secondary N) is 2. The molecule has 1 aliphatic heterocycles. The fourth-order valence-electron chi connectivity index (χ4n) is 6.28. The molecule has 2 amide bonds. The molecule has 2 N–H and O–H groups in total. The lowest BCUT2D eigenvalue weighted by Crippen LogP contribution is -2.51.